The Kier molecular flexibility index (Phi) is 6.50. The van der Waals surface area contributed by atoms with Crippen molar-refractivity contribution >= 4 is 23.1 Å². The fourth-order valence-electron chi connectivity index (χ4n) is 5.54. The molecule has 1 aliphatic rings. The molecule has 0 aliphatic carbocycles. The molecule has 0 radical (unpaired) electrons. The Morgan fingerprint density at radius 1 is 0.951 bits per heavy atom. The number of benzene rings is 2. The lowest BCUT2D eigenvalue weighted by atomic mass is 10.0. The van der Waals surface area contributed by atoms with Crippen molar-refractivity contribution in [2.75, 3.05) is 13.1 Å². The predicted octanol–water partition coefficient (Wildman–Crippen LogP) is 3.74. The lowest BCUT2D eigenvalue weighted by Gasteiger charge is -2.16. The average Bonchev–Trinajstić information content (AvgIpc) is 3.64. The first-order chi connectivity index (χ1) is 19.7. The van der Waals surface area contributed by atoms with Gasteiger partial charge in [0, 0.05) is 26.3 Å². The van der Waals surface area contributed by atoms with E-state index in [4.69, 9.17) is 5.11 Å². The zero-order valence-electron chi connectivity index (χ0n) is 22.6. The van der Waals surface area contributed by atoms with Crippen molar-refractivity contribution in [3.8, 4) is 16.8 Å². The lowest BCUT2D eigenvalue weighted by Crippen LogP contribution is -2.29. The summed E-state index contributed by atoms with van der Waals surface area (Å²) in [6, 6.07) is 16.1. The topological polar surface area (TPSA) is 135 Å². The van der Waals surface area contributed by atoms with Crippen LogP contribution in [-0.4, -0.2) is 63.8 Å². The number of hydrogen-bond acceptors (Lipinski definition) is 6. The number of carboxylic acid groups (broad SMARTS) is 2. The molecule has 4 heterocycles. The SMILES string of the molecule is Cc1cnc2c(c1)n(-c1ccc(-c3ccc(C(=O)O)cc3)cc1)c(=O)n2C1CCN(Cc2ncc(C(=O)O)n2C)C1. The number of carboxylic acids is 2. The Bertz CT molecular complexity index is 1850. The maximum atomic E-state index is 14.0. The molecule has 208 valence electrons. The number of nitrogens with zero attached hydrogens (tertiary/aromatic N) is 6. The monoisotopic (exact) mass is 552 g/mol. The van der Waals surface area contributed by atoms with Gasteiger partial charge in [-0.25, -0.2) is 24.4 Å². The highest BCUT2D eigenvalue weighted by molar-refractivity contribution is 5.88. The number of fused-ring (bicyclic) bond motifs is 1. The number of carbonyl (C=O) groups is 2. The summed E-state index contributed by atoms with van der Waals surface area (Å²) in [5.41, 5.74) is 4.96. The first-order valence-electron chi connectivity index (χ1n) is 13.2. The quantitative estimate of drug-likeness (QED) is 0.312. The highest BCUT2D eigenvalue weighted by Crippen LogP contribution is 2.28. The van der Waals surface area contributed by atoms with E-state index in [1.807, 2.05) is 37.3 Å². The minimum Gasteiger partial charge on any atom is -0.478 e. The van der Waals surface area contributed by atoms with Gasteiger partial charge in [0.05, 0.1) is 35.6 Å². The van der Waals surface area contributed by atoms with E-state index in [0.29, 0.717) is 30.2 Å². The molecular weight excluding hydrogens is 524 g/mol. The van der Waals surface area contributed by atoms with Gasteiger partial charge in [-0.05, 0) is 60.4 Å². The smallest absolute Gasteiger partial charge is 0.354 e. The Morgan fingerprint density at radius 3 is 2.27 bits per heavy atom. The molecule has 1 aliphatic heterocycles. The molecule has 1 saturated heterocycles. The number of rotatable bonds is 7. The highest BCUT2D eigenvalue weighted by Gasteiger charge is 2.30. The normalized spacial score (nSPS) is 15.5. The average molecular weight is 553 g/mol. The van der Waals surface area contributed by atoms with Gasteiger partial charge in [0.25, 0.3) is 0 Å². The van der Waals surface area contributed by atoms with E-state index in [0.717, 1.165) is 35.2 Å². The fourth-order valence-corrected chi connectivity index (χ4v) is 5.54. The molecule has 1 fully saturated rings. The second-order valence-electron chi connectivity index (χ2n) is 10.4. The Morgan fingerprint density at radius 2 is 1.63 bits per heavy atom. The molecule has 1 atom stereocenters. The van der Waals surface area contributed by atoms with E-state index >= 15 is 0 Å². The second kappa shape index (κ2) is 10.2. The minimum absolute atomic E-state index is 0.104. The van der Waals surface area contributed by atoms with Gasteiger partial charge in [-0.1, -0.05) is 24.3 Å². The second-order valence-corrected chi connectivity index (χ2v) is 10.4. The van der Waals surface area contributed by atoms with Crippen molar-refractivity contribution in [2.45, 2.75) is 25.9 Å². The van der Waals surface area contributed by atoms with Crippen LogP contribution in [0.15, 0.2) is 71.8 Å². The molecular formula is C30H28N6O5. The van der Waals surface area contributed by atoms with Crippen LogP contribution in [0.5, 0.6) is 0 Å². The van der Waals surface area contributed by atoms with Crippen molar-refractivity contribution in [1.29, 1.82) is 0 Å². The summed E-state index contributed by atoms with van der Waals surface area (Å²) in [7, 11) is 1.69. The third kappa shape index (κ3) is 4.70. The maximum Gasteiger partial charge on any atom is 0.354 e. The zero-order valence-corrected chi connectivity index (χ0v) is 22.6. The van der Waals surface area contributed by atoms with Crippen molar-refractivity contribution in [3.63, 3.8) is 0 Å². The third-order valence-corrected chi connectivity index (χ3v) is 7.72. The molecule has 6 rings (SSSR count). The van der Waals surface area contributed by atoms with Crippen LogP contribution in [0.3, 0.4) is 0 Å². The first-order valence-corrected chi connectivity index (χ1v) is 13.2. The number of pyridine rings is 1. The summed E-state index contributed by atoms with van der Waals surface area (Å²) >= 11 is 0. The summed E-state index contributed by atoms with van der Waals surface area (Å²) in [6.45, 7) is 3.77. The summed E-state index contributed by atoms with van der Waals surface area (Å²) in [4.78, 5) is 47.7. The molecule has 11 nitrogen and oxygen atoms in total. The van der Waals surface area contributed by atoms with E-state index in [1.54, 1.807) is 51.2 Å². The van der Waals surface area contributed by atoms with E-state index in [9.17, 15) is 19.5 Å². The Hall–Kier alpha value is -5.03. The zero-order chi connectivity index (χ0) is 28.8. The van der Waals surface area contributed by atoms with Crippen molar-refractivity contribution in [3.05, 3.63) is 100 Å². The molecule has 2 N–H and O–H groups in total. The first kappa shape index (κ1) is 26.2. The van der Waals surface area contributed by atoms with Gasteiger partial charge in [-0.2, -0.15) is 0 Å². The predicted molar refractivity (Wildman–Crippen MR) is 152 cm³/mol. The van der Waals surface area contributed by atoms with E-state index in [2.05, 4.69) is 14.9 Å². The molecule has 1 unspecified atom stereocenters. The molecule has 11 heteroatoms. The molecule has 0 bridgehead atoms. The van der Waals surface area contributed by atoms with Crippen molar-refractivity contribution in [2.24, 2.45) is 7.05 Å². The van der Waals surface area contributed by atoms with Gasteiger partial charge in [0.2, 0.25) is 0 Å². The summed E-state index contributed by atoms with van der Waals surface area (Å²) < 4.78 is 5.05. The highest BCUT2D eigenvalue weighted by atomic mass is 16.4. The standard InChI is InChI=1S/C30H28N6O5/c1-18-13-24-27(32-14-18)36(23-11-12-34(16-23)17-26-31-15-25(29(39)40)33(26)2)30(41)35(24)22-9-7-20(8-10-22)19-3-5-21(6-4-19)28(37)38/h3-10,13-15,23H,11-12,16-17H2,1-2H3,(H,37,38)(H,39,40). The third-order valence-electron chi connectivity index (χ3n) is 7.72. The summed E-state index contributed by atoms with van der Waals surface area (Å²) in [5.74, 6) is -1.33. The summed E-state index contributed by atoms with van der Waals surface area (Å²) in [5, 5.41) is 18.5. The van der Waals surface area contributed by atoms with Crippen LogP contribution < -0.4 is 5.69 Å². The van der Waals surface area contributed by atoms with Gasteiger partial charge in [-0.3, -0.25) is 14.0 Å². The number of aromatic nitrogens is 5. The van der Waals surface area contributed by atoms with Crippen LogP contribution in [-0.2, 0) is 13.6 Å². The van der Waals surface area contributed by atoms with E-state index < -0.39 is 11.9 Å². The molecule has 2 aromatic carbocycles. The molecule has 0 saturated carbocycles. The fraction of sp³-hybridized carbons (Fsp3) is 0.233. The van der Waals surface area contributed by atoms with Gasteiger partial charge in [0.1, 0.15) is 11.5 Å². The van der Waals surface area contributed by atoms with E-state index in [-0.39, 0.29) is 23.0 Å². The van der Waals surface area contributed by atoms with Gasteiger partial charge < -0.3 is 14.8 Å². The minimum atomic E-state index is -1.02. The molecule has 0 spiro atoms. The van der Waals surface area contributed by atoms with Crippen LogP contribution >= 0.6 is 0 Å². The lowest BCUT2D eigenvalue weighted by molar-refractivity contribution is 0.0679. The van der Waals surface area contributed by atoms with Crippen molar-refractivity contribution in [1.82, 2.24) is 28.6 Å². The van der Waals surface area contributed by atoms with Crippen LogP contribution in [0.25, 0.3) is 28.0 Å². The van der Waals surface area contributed by atoms with E-state index in [1.165, 1.54) is 6.20 Å². The number of imidazole rings is 2. The van der Waals surface area contributed by atoms with Gasteiger partial charge in [-0.15, -0.1) is 0 Å². The number of aromatic carboxylic acids is 2. The van der Waals surface area contributed by atoms with Crippen LogP contribution in [0, 0.1) is 6.92 Å². The molecule has 5 aromatic rings. The van der Waals surface area contributed by atoms with Crippen LogP contribution in [0.1, 0.15) is 44.7 Å². The Labute approximate surface area is 234 Å². The Balaban J connectivity index is 1.31. The summed E-state index contributed by atoms with van der Waals surface area (Å²) in [6.07, 6.45) is 3.88. The van der Waals surface area contributed by atoms with Crippen LogP contribution in [0.2, 0.25) is 0 Å². The molecule has 41 heavy (non-hydrogen) atoms. The van der Waals surface area contributed by atoms with Crippen molar-refractivity contribution < 1.29 is 19.8 Å². The number of likely N-dealkylation sites (tertiary alicyclic amines) is 1. The maximum absolute atomic E-state index is 14.0. The number of hydrogen-bond donors (Lipinski definition) is 2. The van der Waals surface area contributed by atoms with Gasteiger partial charge >= 0.3 is 17.6 Å². The largest absolute Gasteiger partial charge is 0.478 e. The molecule has 0 amide bonds. The number of aryl methyl sites for hydroxylation is 1. The van der Waals surface area contributed by atoms with Gasteiger partial charge in [0.15, 0.2) is 5.65 Å². The van der Waals surface area contributed by atoms with Crippen LogP contribution in [0.4, 0.5) is 0 Å². The molecule has 3 aromatic heterocycles.